The number of fused-ring (bicyclic) bond motifs is 14. The van der Waals surface area contributed by atoms with Crippen LogP contribution < -0.4 is 0 Å². The maximum Gasteiger partial charge on any atom is 4.00 e. The third-order valence-electron chi connectivity index (χ3n) is 3.81. The predicted octanol–water partition coefficient (Wildman–Crippen LogP) is -0.327. The molecule has 0 N–H and O–H groups in total. The second kappa shape index (κ2) is 31.9. The molecule has 0 fully saturated rings. The van der Waals surface area contributed by atoms with Gasteiger partial charge in [-0.2, -0.15) is 0 Å². The Bertz CT molecular complexity index is 767. The zero-order valence-electron chi connectivity index (χ0n) is 19.7. The van der Waals surface area contributed by atoms with Crippen LogP contribution in [0.15, 0.2) is 48.5 Å². The maximum atomic E-state index is 11.3. The minimum absolute atomic E-state index is 0. The van der Waals surface area contributed by atoms with Gasteiger partial charge in [-0.1, -0.05) is 0 Å². The van der Waals surface area contributed by atoms with Crippen molar-refractivity contribution in [3.05, 3.63) is 70.8 Å². The Morgan fingerprint density at radius 2 is 0.487 bits per heavy atom. The van der Waals surface area contributed by atoms with Crippen molar-refractivity contribution in [3.63, 3.8) is 0 Å². The van der Waals surface area contributed by atoms with Gasteiger partial charge in [0, 0.05) is 0 Å². The Morgan fingerprint density at radius 1 is 0.359 bits per heavy atom. The summed E-state index contributed by atoms with van der Waals surface area (Å²) in [5, 5.41) is 0. The van der Waals surface area contributed by atoms with Gasteiger partial charge >= 0.3 is 123 Å². The van der Waals surface area contributed by atoms with Crippen LogP contribution in [0.4, 0.5) is 0 Å². The smallest absolute Gasteiger partial charge is 2.00 e. The van der Waals surface area contributed by atoms with Crippen LogP contribution >= 0.6 is 0 Å². The first-order valence-corrected chi connectivity index (χ1v) is 8.43. The largest absolute Gasteiger partial charge is 4.00 e. The van der Waals surface area contributed by atoms with Crippen LogP contribution in [0.5, 0.6) is 0 Å². The first-order valence-electron chi connectivity index (χ1n) is 8.43. The van der Waals surface area contributed by atoms with Crippen LogP contribution in [0.25, 0.3) is 0 Å². The number of hydrogen-bond acceptors (Lipinski definition) is 8. The van der Waals surface area contributed by atoms with Gasteiger partial charge in [-0.05, 0) is 48.5 Å². The van der Waals surface area contributed by atoms with Crippen molar-refractivity contribution < 1.29 is 76.5 Å². The quantitative estimate of drug-likeness (QED) is 0.191. The zero-order valence-corrected chi connectivity index (χ0v) is 32.0. The van der Waals surface area contributed by atoms with Crippen molar-refractivity contribution >= 4 is 123 Å². The second-order valence-electron chi connectivity index (χ2n) is 5.70. The van der Waals surface area contributed by atoms with E-state index in [-0.39, 0.29) is 164 Å². The molecule has 0 saturated heterocycles. The van der Waals surface area contributed by atoms with E-state index < -0.39 is 23.9 Å². The van der Waals surface area contributed by atoms with E-state index in [2.05, 4.69) is 0 Å². The Morgan fingerprint density at radius 3 is 0.615 bits per heavy atom. The third kappa shape index (κ3) is 19.2. The number of hydrogen-bond donors (Lipinski definition) is 0. The average Bonchev–Trinajstić information content (AvgIpc) is 2.74. The van der Waals surface area contributed by atoms with E-state index >= 15 is 0 Å². The predicted molar refractivity (Wildman–Crippen MR) is 122 cm³/mol. The van der Waals surface area contributed by atoms with E-state index in [4.69, 9.17) is 18.9 Å². The minimum Gasteiger partial charge on any atom is -2.00 e. The van der Waals surface area contributed by atoms with Gasteiger partial charge in [0.1, 0.15) is 26.4 Å². The molecular formula is C20H16In2O15Sn2. The Balaban J connectivity index is -0.0000000514. The first-order chi connectivity index (χ1) is 13.5. The molecular weight excluding hydrogens is 947 g/mol. The number of esters is 4. The van der Waals surface area contributed by atoms with Gasteiger partial charge in [0.05, 0.1) is 22.3 Å². The van der Waals surface area contributed by atoms with E-state index in [1.807, 2.05) is 0 Å². The number of carbonyl (C=O) groups excluding carboxylic acids is 4. The summed E-state index contributed by atoms with van der Waals surface area (Å²) in [5.41, 5.74) is 1.79. The summed E-state index contributed by atoms with van der Waals surface area (Å²) < 4.78 is 19.3. The van der Waals surface area contributed by atoms with Crippen molar-refractivity contribution in [1.29, 1.82) is 0 Å². The number of benzene rings is 2. The molecule has 200 valence electrons. The Kier molecular flexibility index (Phi) is 50.8. The van der Waals surface area contributed by atoms with Crippen molar-refractivity contribution in [2.45, 2.75) is 0 Å². The van der Waals surface area contributed by atoms with E-state index in [1.165, 1.54) is 0 Å². The number of carbonyl (C=O) groups is 4. The van der Waals surface area contributed by atoms with Crippen molar-refractivity contribution in [2.75, 3.05) is 26.4 Å². The van der Waals surface area contributed by atoms with Gasteiger partial charge < -0.3 is 57.3 Å². The molecule has 0 amide bonds. The average molecular weight is 963 g/mol. The molecule has 4 heterocycles. The van der Waals surface area contributed by atoms with Crippen LogP contribution in [-0.4, -0.2) is 150 Å². The maximum absolute atomic E-state index is 11.3. The molecule has 0 aliphatic carbocycles. The third-order valence-corrected chi connectivity index (χ3v) is 3.81. The molecule has 0 radical (unpaired) electrons. The molecule has 0 aromatic heterocycles. The topological polar surface area (TPSA) is 305 Å². The molecule has 0 spiro atoms. The number of rotatable bonds is 0. The van der Waals surface area contributed by atoms with Crippen LogP contribution in [0, 0.1) is 0 Å². The van der Waals surface area contributed by atoms with E-state index in [0.717, 1.165) is 0 Å². The van der Waals surface area contributed by atoms with Crippen LogP contribution in [0.3, 0.4) is 0 Å². The van der Waals surface area contributed by atoms with Crippen LogP contribution in [-0.2, 0) is 57.3 Å². The Labute approximate surface area is 294 Å². The van der Waals surface area contributed by atoms with Crippen molar-refractivity contribution in [3.8, 4) is 0 Å². The van der Waals surface area contributed by atoms with Gasteiger partial charge in [0.2, 0.25) is 0 Å². The van der Waals surface area contributed by atoms with Gasteiger partial charge in [0.15, 0.2) is 0 Å². The van der Waals surface area contributed by atoms with Crippen molar-refractivity contribution in [1.82, 2.24) is 0 Å². The van der Waals surface area contributed by atoms with Gasteiger partial charge in [0.25, 0.3) is 0 Å². The van der Waals surface area contributed by atoms with Gasteiger partial charge in [-0.15, -0.1) is 0 Å². The fraction of sp³-hybridized carbons (Fsp3) is 0.200. The molecule has 19 heteroatoms. The molecule has 15 nitrogen and oxygen atoms in total. The summed E-state index contributed by atoms with van der Waals surface area (Å²) in [6, 6.07) is 12.4. The summed E-state index contributed by atoms with van der Waals surface area (Å²) >= 11 is 0. The zero-order chi connectivity index (χ0) is 19.9. The molecule has 0 atom stereocenters. The number of ether oxygens (including phenoxy) is 4. The minimum atomic E-state index is -0.394. The molecule has 0 saturated carbocycles. The van der Waals surface area contributed by atoms with E-state index in [1.54, 1.807) is 48.5 Å². The van der Waals surface area contributed by atoms with Gasteiger partial charge in [-0.25, -0.2) is 19.2 Å². The second-order valence-corrected chi connectivity index (χ2v) is 5.70. The molecule has 2 aromatic rings. The van der Waals surface area contributed by atoms with Gasteiger partial charge in [-0.3, -0.25) is 0 Å². The molecule has 6 rings (SSSR count). The standard InChI is InChI=1S/2C10H8O4.2In.7O.2Sn/c2*11-9-7-1-2-8(4-3-7)10(12)14-6-5-13-9;;;;;;;;;;;/h2*1-4H,5-6H2;;;;;;;;;;;/q;;2*+3;7*-2;2*+4. The van der Waals surface area contributed by atoms with Crippen molar-refractivity contribution in [2.24, 2.45) is 0 Å². The van der Waals surface area contributed by atoms with Crippen LogP contribution in [0.1, 0.15) is 41.4 Å². The van der Waals surface area contributed by atoms with Crippen LogP contribution in [0.2, 0.25) is 0 Å². The summed E-state index contributed by atoms with van der Waals surface area (Å²) in [5.74, 6) is -1.58. The molecule has 4 aliphatic rings. The monoisotopic (exact) mass is 966 g/mol. The molecule has 4 aliphatic heterocycles. The summed E-state index contributed by atoms with van der Waals surface area (Å²) in [4.78, 5) is 45.0. The molecule has 39 heavy (non-hydrogen) atoms. The van der Waals surface area contributed by atoms with E-state index in [0.29, 0.717) is 22.3 Å². The normalized spacial score (nSPS) is 11.5. The molecule has 4 bridgehead atoms. The first kappa shape index (κ1) is 62.1. The molecule has 2 aromatic carbocycles. The fourth-order valence-electron chi connectivity index (χ4n) is 2.36. The van der Waals surface area contributed by atoms with E-state index in [9.17, 15) is 19.2 Å². The summed E-state index contributed by atoms with van der Waals surface area (Å²) in [6.07, 6.45) is 0. The Hall–Kier alpha value is -0.622. The molecule has 0 unspecified atom stereocenters. The fourth-order valence-corrected chi connectivity index (χ4v) is 2.36. The summed E-state index contributed by atoms with van der Waals surface area (Å²) in [6.45, 7) is 0.401. The SMILES string of the molecule is O=C1OCCOC(=O)c2ccc1cc2.O=C1OCCOC(=O)c2ccc1cc2.[In+3].[In+3].[O-2].[O-2].[O-2].[O-2].[O-2].[O-2].[O-2].[Sn+4].[Sn+4]. The summed E-state index contributed by atoms with van der Waals surface area (Å²) in [7, 11) is 0.